The summed E-state index contributed by atoms with van der Waals surface area (Å²) in [5.74, 6) is 2.89. The van der Waals surface area contributed by atoms with Gasteiger partial charge in [-0.3, -0.25) is 4.79 Å². The zero-order valence-corrected chi connectivity index (χ0v) is 13.6. The largest absolute Gasteiger partial charge is 0.508 e. The highest BCUT2D eigenvalue weighted by Gasteiger charge is 2.54. The van der Waals surface area contributed by atoms with Crippen molar-refractivity contribution in [1.29, 1.82) is 0 Å². The van der Waals surface area contributed by atoms with E-state index in [9.17, 15) is 9.90 Å². The molecule has 1 aromatic carbocycles. The third kappa shape index (κ3) is 1.78. The van der Waals surface area contributed by atoms with Gasteiger partial charge >= 0.3 is 4.87 Å². The van der Waals surface area contributed by atoms with Crippen LogP contribution in [-0.2, 0) is 0 Å². The predicted octanol–water partition coefficient (Wildman–Crippen LogP) is 3.79. The van der Waals surface area contributed by atoms with Gasteiger partial charge in [-0.2, -0.15) is 0 Å². The van der Waals surface area contributed by atoms with Crippen LogP contribution in [0, 0.1) is 17.8 Å². The number of hydrogen-bond acceptors (Lipinski definition) is 4. The summed E-state index contributed by atoms with van der Waals surface area (Å²) in [4.78, 5) is 16.2. The third-order valence-corrected chi connectivity index (χ3v) is 8.34. The van der Waals surface area contributed by atoms with Gasteiger partial charge in [-0.25, -0.2) is 0 Å². The summed E-state index contributed by atoms with van der Waals surface area (Å²) in [6.07, 6.45) is 4.05. The van der Waals surface area contributed by atoms with E-state index in [1.165, 1.54) is 41.0 Å². The number of thioether (sulfide) groups is 1. The molecule has 0 radical (unpaired) electrons. The van der Waals surface area contributed by atoms with Crippen molar-refractivity contribution in [1.82, 2.24) is 4.98 Å². The molecule has 2 N–H and O–H groups in total. The summed E-state index contributed by atoms with van der Waals surface area (Å²) >= 11 is 3.30. The molecule has 2 aliphatic carbocycles. The number of fused-ring (bicyclic) bond motifs is 6. The molecule has 2 fully saturated rings. The Hall–Kier alpha value is -1.20. The number of nitrogens with one attached hydrogen (secondary N) is 1. The summed E-state index contributed by atoms with van der Waals surface area (Å²) in [6.45, 7) is 0. The summed E-state index contributed by atoms with van der Waals surface area (Å²) in [5.41, 5.74) is 1.25. The van der Waals surface area contributed by atoms with Crippen LogP contribution in [0.3, 0.4) is 0 Å². The molecule has 1 aromatic heterocycles. The smallest absolute Gasteiger partial charge is 0.305 e. The zero-order valence-electron chi connectivity index (χ0n) is 12.0. The minimum atomic E-state index is 0.0635. The van der Waals surface area contributed by atoms with E-state index in [2.05, 4.69) is 4.98 Å². The number of phenolic OH excluding ortho intramolecular Hbond substituents is 1. The van der Waals surface area contributed by atoms with Crippen molar-refractivity contribution in [3.8, 4) is 5.75 Å². The van der Waals surface area contributed by atoms with Gasteiger partial charge in [0, 0.05) is 16.0 Å². The monoisotopic (exact) mass is 331 g/mol. The molecule has 2 aromatic rings. The fourth-order valence-corrected chi connectivity index (χ4v) is 7.80. The van der Waals surface area contributed by atoms with Gasteiger partial charge in [0.25, 0.3) is 0 Å². The quantitative estimate of drug-likeness (QED) is 0.836. The van der Waals surface area contributed by atoms with Crippen LogP contribution in [0.1, 0.15) is 35.6 Å². The Morgan fingerprint density at radius 1 is 1.14 bits per heavy atom. The molecule has 2 bridgehead atoms. The van der Waals surface area contributed by atoms with Gasteiger partial charge in [0.2, 0.25) is 0 Å². The maximum absolute atomic E-state index is 11.9. The van der Waals surface area contributed by atoms with Crippen LogP contribution in [0.4, 0.5) is 0 Å². The minimum absolute atomic E-state index is 0.0635. The molecule has 0 amide bonds. The number of aromatic nitrogens is 1. The first kappa shape index (κ1) is 13.3. The van der Waals surface area contributed by atoms with Crippen molar-refractivity contribution < 1.29 is 5.11 Å². The highest BCUT2D eigenvalue weighted by atomic mass is 32.2. The van der Waals surface area contributed by atoms with Gasteiger partial charge < -0.3 is 10.1 Å². The number of aromatic amines is 1. The maximum Gasteiger partial charge on any atom is 0.305 e. The number of rotatable bonds is 1. The van der Waals surface area contributed by atoms with Crippen LogP contribution in [0.5, 0.6) is 5.75 Å². The molecule has 5 atom stereocenters. The average Bonchev–Trinajstić information content (AvgIpc) is 3.19. The first-order chi connectivity index (χ1) is 10.7. The van der Waals surface area contributed by atoms with E-state index in [1.807, 2.05) is 23.9 Å². The molecule has 5 rings (SSSR count). The van der Waals surface area contributed by atoms with E-state index in [-0.39, 0.29) is 4.87 Å². The van der Waals surface area contributed by atoms with Crippen LogP contribution < -0.4 is 4.87 Å². The fourth-order valence-electron chi connectivity index (χ4n) is 4.90. The maximum atomic E-state index is 11.9. The van der Waals surface area contributed by atoms with Crippen molar-refractivity contribution >= 4 is 23.1 Å². The first-order valence-electron chi connectivity index (χ1n) is 7.89. The Morgan fingerprint density at radius 3 is 2.73 bits per heavy atom. The van der Waals surface area contributed by atoms with Crippen LogP contribution in [0.15, 0.2) is 34.1 Å². The molecule has 5 heteroatoms. The second-order valence-corrected chi connectivity index (χ2v) is 8.97. The molecule has 2 saturated carbocycles. The lowest BCUT2D eigenvalue weighted by Gasteiger charge is -2.40. The van der Waals surface area contributed by atoms with E-state index in [0.717, 1.165) is 16.9 Å². The Balaban J connectivity index is 1.68. The molecule has 0 spiro atoms. The van der Waals surface area contributed by atoms with E-state index in [1.54, 1.807) is 12.1 Å². The van der Waals surface area contributed by atoms with Crippen molar-refractivity contribution in [3.05, 3.63) is 44.4 Å². The van der Waals surface area contributed by atoms with Gasteiger partial charge in [-0.1, -0.05) is 23.5 Å². The minimum Gasteiger partial charge on any atom is -0.508 e. The number of hydrogen-bond donors (Lipinski definition) is 2. The summed E-state index contributed by atoms with van der Waals surface area (Å²) in [5, 5.41) is 11.3. The molecule has 114 valence electrons. The van der Waals surface area contributed by atoms with Gasteiger partial charge in [-0.15, -0.1) is 11.8 Å². The van der Waals surface area contributed by atoms with Crippen LogP contribution in [0.25, 0.3) is 0 Å². The third-order valence-electron chi connectivity index (χ3n) is 5.72. The second-order valence-electron chi connectivity index (χ2n) is 6.77. The molecule has 3 aliphatic rings. The van der Waals surface area contributed by atoms with Crippen LogP contribution >= 0.6 is 23.1 Å². The Bertz CT molecular complexity index is 779. The van der Waals surface area contributed by atoms with Crippen LogP contribution in [-0.4, -0.2) is 15.3 Å². The van der Waals surface area contributed by atoms with Crippen LogP contribution in [0.2, 0.25) is 0 Å². The Morgan fingerprint density at radius 2 is 1.91 bits per heavy atom. The summed E-state index contributed by atoms with van der Waals surface area (Å²) in [6, 6.07) is 7.61. The highest BCUT2D eigenvalue weighted by molar-refractivity contribution is 8.00. The lowest BCUT2D eigenvalue weighted by Crippen LogP contribution is -2.33. The Labute approximate surface area is 136 Å². The predicted molar refractivity (Wildman–Crippen MR) is 88.9 cm³/mol. The van der Waals surface area contributed by atoms with E-state index in [0.29, 0.717) is 22.8 Å². The molecule has 0 unspecified atom stereocenters. The van der Waals surface area contributed by atoms with E-state index >= 15 is 0 Å². The number of H-pyrrole nitrogens is 1. The van der Waals surface area contributed by atoms with Gasteiger partial charge in [0.15, 0.2) is 0 Å². The zero-order chi connectivity index (χ0) is 14.8. The van der Waals surface area contributed by atoms with E-state index < -0.39 is 0 Å². The van der Waals surface area contributed by atoms with E-state index in [4.69, 9.17) is 0 Å². The molecule has 2 heterocycles. The first-order valence-corrected chi connectivity index (χ1v) is 9.59. The molecular formula is C17H17NO2S2. The number of phenols is 1. The number of thiazole rings is 1. The number of aromatic hydroxyl groups is 1. The normalized spacial score (nSPS) is 35.4. The van der Waals surface area contributed by atoms with Gasteiger partial charge in [-0.05, 0) is 54.7 Å². The number of benzene rings is 1. The van der Waals surface area contributed by atoms with Crippen molar-refractivity contribution in [2.24, 2.45) is 17.8 Å². The van der Waals surface area contributed by atoms with Gasteiger partial charge in [0.05, 0.1) is 5.03 Å². The SMILES string of the molecule is O=c1[nH]c2c(s1)[C@@H](c1ccc(O)cc1)[C@@H]1[C@H]3CC[C@H](C3)[C@H]1S2. The fraction of sp³-hybridized carbons (Fsp3) is 0.471. The molecular weight excluding hydrogens is 314 g/mol. The van der Waals surface area contributed by atoms with Crippen molar-refractivity contribution in [2.45, 2.75) is 35.5 Å². The summed E-state index contributed by atoms with van der Waals surface area (Å²) in [7, 11) is 0. The molecule has 22 heavy (non-hydrogen) atoms. The van der Waals surface area contributed by atoms with Gasteiger partial charge in [0.1, 0.15) is 5.75 Å². The lowest BCUT2D eigenvalue weighted by molar-refractivity contribution is 0.307. The highest BCUT2D eigenvalue weighted by Crippen LogP contribution is 2.63. The molecule has 1 aliphatic heterocycles. The second kappa shape index (κ2) is 4.65. The Kier molecular flexibility index (Phi) is 2.80. The summed E-state index contributed by atoms with van der Waals surface area (Å²) < 4.78 is 0. The van der Waals surface area contributed by atoms with Crippen molar-refractivity contribution in [3.63, 3.8) is 0 Å². The van der Waals surface area contributed by atoms with Crippen molar-refractivity contribution in [2.75, 3.05) is 0 Å². The molecule has 3 nitrogen and oxygen atoms in total. The lowest BCUT2D eigenvalue weighted by atomic mass is 9.75. The molecule has 0 saturated heterocycles. The average molecular weight is 331 g/mol. The standard InChI is InChI=1S/C17H17NO2S2/c19-11-5-3-8(4-6-11)12-13-9-1-2-10(7-9)14(13)21-16-15(12)22-17(20)18-16/h3-6,9-10,12-14,19H,1-2,7H2,(H,18,20)/t9-,10+,12-,13-,14+/m0/s1. The topological polar surface area (TPSA) is 53.1 Å².